The number of benzene rings is 3. The molecule has 1 unspecified atom stereocenters. The first kappa shape index (κ1) is 22.5. The van der Waals surface area contributed by atoms with E-state index in [1.165, 1.54) is 12.8 Å². The molecule has 0 N–H and O–H groups in total. The zero-order chi connectivity index (χ0) is 23.5. The summed E-state index contributed by atoms with van der Waals surface area (Å²) < 4.78 is 12.2. The highest BCUT2D eigenvalue weighted by Crippen LogP contribution is 2.36. The van der Waals surface area contributed by atoms with Crippen LogP contribution in [-0.2, 0) is 6.54 Å². The third-order valence-corrected chi connectivity index (χ3v) is 7.10. The van der Waals surface area contributed by atoms with Crippen molar-refractivity contribution in [2.24, 2.45) is 0 Å². The standard InChI is InChI=1S/C29H32N2O3/c1-30(29(32)22-11-15-26(16-12-22)33-25-8-4-3-5-9-25)20-21-7-6-10-27(17-21)34-28-18-23-13-14-24(19-28)31(23)2/h3-12,15-17,23-24,28H,13-14,18-20H2,1-2H3/t23-,24+,28?. The Morgan fingerprint density at radius 3 is 2.24 bits per heavy atom. The molecule has 0 saturated carbocycles. The summed E-state index contributed by atoms with van der Waals surface area (Å²) in [6.07, 6.45) is 5.04. The quantitative estimate of drug-likeness (QED) is 0.454. The number of nitrogens with zero attached hydrogens (tertiary/aromatic N) is 2. The van der Waals surface area contributed by atoms with Crippen molar-refractivity contribution in [2.75, 3.05) is 14.1 Å². The van der Waals surface area contributed by atoms with E-state index in [0.717, 1.165) is 29.9 Å². The van der Waals surface area contributed by atoms with Crippen LogP contribution in [0.3, 0.4) is 0 Å². The summed E-state index contributed by atoms with van der Waals surface area (Å²) in [5.74, 6) is 2.35. The maximum absolute atomic E-state index is 13.0. The topological polar surface area (TPSA) is 42.0 Å². The van der Waals surface area contributed by atoms with E-state index in [1.54, 1.807) is 4.90 Å². The van der Waals surface area contributed by atoms with Crippen LogP contribution in [0.5, 0.6) is 17.2 Å². The highest BCUT2D eigenvalue weighted by Gasteiger charge is 2.39. The summed E-state index contributed by atoms with van der Waals surface area (Å²) in [5.41, 5.74) is 1.70. The second-order valence-corrected chi connectivity index (χ2v) is 9.51. The van der Waals surface area contributed by atoms with E-state index in [-0.39, 0.29) is 12.0 Å². The van der Waals surface area contributed by atoms with E-state index >= 15 is 0 Å². The average Bonchev–Trinajstić information content (AvgIpc) is 3.05. The molecule has 2 aliphatic rings. The summed E-state index contributed by atoms with van der Waals surface area (Å²) >= 11 is 0. The van der Waals surface area contributed by atoms with Crippen molar-refractivity contribution in [1.82, 2.24) is 9.80 Å². The average molecular weight is 457 g/mol. The Kier molecular flexibility index (Phi) is 6.54. The lowest BCUT2D eigenvalue weighted by Crippen LogP contribution is -2.43. The number of amides is 1. The number of piperidine rings is 1. The summed E-state index contributed by atoms with van der Waals surface area (Å²) in [7, 11) is 4.08. The molecule has 2 saturated heterocycles. The minimum atomic E-state index is -0.0236. The number of hydrogen-bond acceptors (Lipinski definition) is 4. The predicted octanol–water partition coefficient (Wildman–Crippen LogP) is 5.76. The molecule has 3 atom stereocenters. The zero-order valence-electron chi connectivity index (χ0n) is 19.9. The lowest BCUT2D eigenvalue weighted by molar-refractivity contribution is 0.0659. The van der Waals surface area contributed by atoms with Crippen molar-refractivity contribution in [2.45, 2.75) is 50.4 Å². The van der Waals surface area contributed by atoms with Crippen LogP contribution in [0.4, 0.5) is 0 Å². The Bertz CT molecular complexity index is 1100. The molecule has 2 heterocycles. The van der Waals surface area contributed by atoms with Crippen LogP contribution in [0.1, 0.15) is 41.6 Å². The van der Waals surface area contributed by atoms with Gasteiger partial charge in [0.2, 0.25) is 0 Å². The summed E-state index contributed by atoms with van der Waals surface area (Å²) in [6.45, 7) is 0.525. The van der Waals surface area contributed by atoms with Crippen LogP contribution < -0.4 is 9.47 Å². The van der Waals surface area contributed by atoms with Gasteiger partial charge >= 0.3 is 0 Å². The Labute approximate surface area is 201 Å². The maximum Gasteiger partial charge on any atom is 0.253 e. The number of rotatable bonds is 7. The van der Waals surface area contributed by atoms with E-state index in [2.05, 4.69) is 18.0 Å². The molecular weight excluding hydrogens is 424 g/mol. The van der Waals surface area contributed by atoms with Crippen molar-refractivity contribution >= 4 is 5.91 Å². The monoisotopic (exact) mass is 456 g/mol. The van der Waals surface area contributed by atoms with Gasteiger partial charge in [-0.05, 0) is 86.8 Å². The molecule has 0 aromatic heterocycles. The second-order valence-electron chi connectivity index (χ2n) is 9.51. The van der Waals surface area contributed by atoms with Crippen LogP contribution in [0, 0.1) is 0 Å². The Morgan fingerprint density at radius 2 is 1.53 bits per heavy atom. The largest absolute Gasteiger partial charge is 0.490 e. The van der Waals surface area contributed by atoms with Gasteiger partial charge < -0.3 is 19.3 Å². The molecule has 0 spiro atoms. The Morgan fingerprint density at radius 1 is 0.882 bits per heavy atom. The molecule has 2 aliphatic heterocycles. The van der Waals surface area contributed by atoms with E-state index in [0.29, 0.717) is 29.9 Å². The second kappa shape index (κ2) is 9.90. The van der Waals surface area contributed by atoms with Gasteiger partial charge in [0, 0.05) is 31.2 Å². The molecule has 2 fully saturated rings. The van der Waals surface area contributed by atoms with E-state index in [4.69, 9.17) is 9.47 Å². The fourth-order valence-electron chi connectivity index (χ4n) is 5.22. The lowest BCUT2D eigenvalue weighted by atomic mass is 10.0. The van der Waals surface area contributed by atoms with Crippen molar-refractivity contribution in [3.63, 3.8) is 0 Å². The Balaban J connectivity index is 1.18. The van der Waals surface area contributed by atoms with Gasteiger partial charge in [-0.2, -0.15) is 0 Å². The van der Waals surface area contributed by atoms with Gasteiger partial charge in [0.1, 0.15) is 23.4 Å². The molecule has 5 rings (SSSR count). The number of carbonyl (C=O) groups is 1. The minimum Gasteiger partial charge on any atom is -0.490 e. The van der Waals surface area contributed by atoms with E-state index < -0.39 is 0 Å². The zero-order valence-corrected chi connectivity index (χ0v) is 19.9. The molecule has 2 bridgehead atoms. The number of ether oxygens (including phenoxy) is 2. The van der Waals surface area contributed by atoms with Crippen molar-refractivity contribution < 1.29 is 14.3 Å². The van der Waals surface area contributed by atoms with Gasteiger partial charge in [-0.25, -0.2) is 0 Å². The van der Waals surface area contributed by atoms with E-state index in [1.807, 2.05) is 79.8 Å². The third-order valence-electron chi connectivity index (χ3n) is 7.10. The molecular formula is C29H32N2O3. The predicted molar refractivity (Wildman–Crippen MR) is 133 cm³/mol. The first-order chi connectivity index (χ1) is 16.5. The number of carbonyl (C=O) groups excluding carboxylic acids is 1. The van der Waals surface area contributed by atoms with Gasteiger partial charge in [-0.3, -0.25) is 4.79 Å². The number of fused-ring (bicyclic) bond motifs is 2. The smallest absolute Gasteiger partial charge is 0.253 e. The normalized spacial score (nSPS) is 21.8. The van der Waals surface area contributed by atoms with Crippen molar-refractivity contribution in [3.05, 3.63) is 90.0 Å². The molecule has 3 aromatic rings. The minimum absolute atomic E-state index is 0.0236. The molecule has 176 valence electrons. The highest BCUT2D eigenvalue weighted by molar-refractivity contribution is 5.94. The molecule has 1 amide bonds. The van der Waals surface area contributed by atoms with Gasteiger partial charge in [0.05, 0.1) is 0 Å². The van der Waals surface area contributed by atoms with Crippen LogP contribution in [-0.4, -0.2) is 48.0 Å². The molecule has 0 aliphatic carbocycles. The van der Waals surface area contributed by atoms with Crippen LogP contribution >= 0.6 is 0 Å². The Hall–Kier alpha value is -3.31. The fraction of sp³-hybridized carbons (Fsp3) is 0.345. The maximum atomic E-state index is 13.0. The first-order valence-electron chi connectivity index (χ1n) is 12.1. The van der Waals surface area contributed by atoms with Crippen molar-refractivity contribution in [1.29, 1.82) is 0 Å². The van der Waals surface area contributed by atoms with Gasteiger partial charge in [0.25, 0.3) is 5.91 Å². The summed E-state index contributed by atoms with van der Waals surface area (Å²) in [5, 5.41) is 0. The third kappa shape index (κ3) is 5.10. The van der Waals surface area contributed by atoms with Crippen LogP contribution in [0.15, 0.2) is 78.9 Å². The lowest BCUT2D eigenvalue weighted by Gasteiger charge is -2.36. The van der Waals surface area contributed by atoms with Gasteiger partial charge in [0.15, 0.2) is 0 Å². The van der Waals surface area contributed by atoms with Gasteiger partial charge in [-0.15, -0.1) is 0 Å². The fourth-order valence-corrected chi connectivity index (χ4v) is 5.22. The van der Waals surface area contributed by atoms with Crippen molar-refractivity contribution in [3.8, 4) is 17.2 Å². The molecule has 0 radical (unpaired) electrons. The number of para-hydroxylation sites is 1. The highest BCUT2D eigenvalue weighted by atomic mass is 16.5. The summed E-state index contributed by atoms with van der Waals surface area (Å²) in [6, 6.07) is 26.4. The first-order valence-corrected chi connectivity index (χ1v) is 12.1. The number of hydrogen-bond donors (Lipinski definition) is 0. The molecule has 34 heavy (non-hydrogen) atoms. The SMILES string of the molecule is CN(Cc1cccc(OC2C[C@H]3CC[C@@H](C2)N3C)c1)C(=O)c1ccc(Oc2ccccc2)cc1. The summed E-state index contributed by atoms with van der Waals surface area (Å²) in [4.78, 5) is 17.2. The molecule has 5 heteroatoms. The molecule has 3 aromatic carbocycles. The van der Waals surface area contributed by atoms with Gasteiger partial charge in [-0.1, -0.05) is 30.3 Å². The van der Waals surface area contributed by atoms with Crippen LogP contribution in [0.25, 0.3) is 0 Å². The molecule has 5 nitrogen and oxygen atoms in total. The van der Waals surface area contributed by atoms with Crippen LogP contribution in [0.2, 0.25) is 0 Å². The van der Waals surface area contributed by atoms with E-state index in [9.17, 15) is 4.79 Å².